The highest BCUT2D eigenvalue weighted by atomic mass is 35.5. The molecule has 2 aliphatic rings. The van der Waals surface area contributed by atoms with E-state index in [1.165, 1.54) is 38.5 Å². The Bertz CT molecular complexity index is 448. The summed E-state index contributed by atoms with van der Waals surface area (Å²) in [6.07, 6.45) is 8.10. The molecule has 1 aromatic carbocycles. The van der Waals surface area contributed by atoms with Gasteiger partial charge in [-0.3, -0.25) is 0 Å². The fourth-order valence-electron chi connectivity index (χ4n) is 3.75. The molecule has 21 heavy (non-hydrogen) atoms. The van der Waals surface area contributed by atoms with E-state index in [1.54, 1.807) is 6.07 Å². The maximum Gasteiger partial charge on any atom is 0.122 e. The first-order valence-corrected chi connectivity index (χ1v) is 8.81. The smallest absolute Gasteiger partial charge is 0.122 e. The Morgan fingerprint density at radius 3 is 2.29 bits per heavy atom. The first kappa shape index (κ1) is 15.5. The van der Waals surface area contributed by atoms with E-state index in [9.17, 15) is 0 Å². The summed E-state index contributed by atoms with van der Waals surface area (Å²) in [7, 11) is 0. The van der Waals surface area contributed by atoms with Crippen LogP contribution in [-0.2, 0) is 0 Å². The molecule has 1 aliphatic heterocycles. The van der Waals surface area contributed by atoms with Crippen LogP contribution in [0, 0.1) is 11.8 Å². The van der Waals surface area contributed by atoms with Gasteiger partial charge in [0.05, 0.1) is 0 Å². The fraction of sp³-hybridized carbons (Fsp3) is 0.647. The van der Waals surface area contributed by atoms with Gasteiger partial charge in [0, 0.05) is 22.5 Å². The molecule has 1 aliphatic carbocycles. The Labute approximate surface area is 137 Å². The van der Waals surface area contributed by atoms with Crippen LogP contribution < -0.4 is 10.1 Å². The van der Waals surface area contributed by atoms with Gasteiger partial charge in [-0.1, -0.05) is 42.5 Å². The largest absolute Gasteiger partial charge is 0.490 e. The predicted octanol–water partition coefficient (Wildman–Crippen LogP) is 4.93. The number of halogens is 2. The highest BCUT2D eigenvalue weighted by Crippen LogP contribution is 2.35. The lowest BCUT2D eigenvalue weighted by atomic mass is 9.80. The molecule has 0 aromatic heterocycles. The van der Waals surface area contributed by atoms with E-state index in [0.29, 0.717) is 21.9 Å². The first-order valence-electron chi connectivity index (χ1n) is 8.06. The summed E-state index contributed by atoms with van der Waals surface area (Å²) in [5, 5.41) is 4.75. The maximum absolute atomic E-state index is 6.39. The van der Waals surface area contributed by atoms with Crippen LogP contribution >= 0.6 is 23.2 Å². The van der Waals surface area contributed by atoms with Gasteiger partial charge in [0.15, 0.2) is 0 Å². The molecule has 2 atom stereocenters. The molecule has 2 fully saturated rings. The summed E-state index contributed by atoms with van der Waals surface area (Å²) >= 11 is 12.2. The summed E-state index contributed by atoms with van der Waals surface area (Å²) in [4.78, 5) is 0. The minimum Gasteiger partial charge on any atom is -0.490 e. The lowest BCUT2D eigenvalue weighted by Gasteiger charge is -2.34. The molecule has 4 heteroatoms. The standard InChI is InChI=1S/C17H23Cl2NO/c18-14-8-15(19)10-16(9-14)21-17(13-6-7-20-11-13)12-4-2-1-3-5-12/h8-10,12-13,17,20H,1-7,11H2. The Kier molecular flexibility index (Phi) is 5.31. The quantitative estimate of drug-likeness (QED) is 0.846. The predicted molar refractivity (Wildman–Crippen MR) is 88.4 cm³/mol. The zero-order valence-electron chi connectivity index (χ0n) is 12.3. The van der Waals surface area contributed by atoms with Crippen LogP contribution in [0.15, 0.2) is 18.2 Å². The van der Waals surface area contributed by atoms with Crippen molar-refractivity contribution in [1.82, 2.24) is 5.32 Å². The van der Waals surface area contributed by atoms with Gasteiger partial charge in [0.2, 0.25) is 0 Å². The number of hydrogen-bond donors (Lipinski definition) is 1. The molecular formula is C17H23Cl2NO. The zero-order valence-corrected chi connectivity index (χ0v) is 13.8. The highest BCUT2D eigenvalue weighted by Gasteiger charge is 2.34. The third kappa shape index (κ3) is 4.06. The molecular weight excluding hydrogens is 305 g/mol. The topological polar surface area (TPSA) is 21.3 Å². The van der Waals surface area contributed by atoms with Crippen LogP contribution in [0.2, 0.25) is 10.0 Å². The fourth-order valence-corrected chi connectivity index (χ4v) is 4.26. The van der Waals surface area contributed by atoms with E-state index in [2.05, 4.69) is 5.32 Å². The van der Waals surface area contributed by atoms with Crippen LogP contribution in [0.3, 0.4) is 0 Å². The highest BCUT2D eigenvalue weighted by molar-refractivity contribution is 6.34. The average molecular weight is 328 g/mol. The van der Waals surface area contributed by atoms with E-state index in [0.717, 1.165) is 18.8 Å². The summed E-state index contributed by atoms with van der Waals surface area (Å²) in [6.45, 7) is 2.17. The van der Waals surface area contributed by atoms with Gasteiger partial charge < -0.3 is 10.1 Å². The van der Waals surface area contributed by atoms with Gasteiger partial charge in [0.1, 0.15) is 11.9 Å². The second kappa shape index (κ2) is 7.21. The van der Waals surface area contributed by atoms with E-state index in [1.807, 2.05) is 12.1 Å². The van der Waals surface area contributed by atoms with E-state index < -0.39 is 0 Å². The molecule has 0 amide bonds. The van der Waals surface area contributed by atoms with Crippen LogP contribution in [-0.4, -0.2) is 19.2 Å². The van der Waals surface area contributed by atoms with Crippen molar-refractivity contribution < 1.29 is 4.74 Å². The first-order chi connectivity index (χ1) is 10.2. The second-order valence-electron chi connectivity index (χ2n) is 6.34. The Morgan fingerprint density at radius 2 is 1.67 bits per heavy atom. The van der Waals surface area contributed by atoms with Gasteiger partial charge in [-0.2, -0.15) is 0 Å². The molecule has 1 saturated carbocycles. The minimum atomic E-state index is 0.287. The minimum absolute atomic E-state index is 0.287. The summed E-state index contributed by atoms with van der Waals surface area (Å²) < 4.78 is 6.39. The molecule has 1 aromatic rings. The molecule has 1 heterocycles. The van der Waals surface area contributed by atoms with E-state index >= 15 is 0 Å². The van der Waals surface area contributed by atoms with Crippen molar-refractivity contribution in [3.05, 3.63) is 28.2 Å². The molecule has 0 bridgehead atoms. The number of benzene rings is 1. The number of ether oxygens (including phenoxy) is 1. The molecule has 116 valence electrons. The average Bonchev–Trinajstić information content (AvgIpc) is 2.98. The van der Waals surface area contributed by atoms with Gasteiger partial charge >= 0.3 is 0 Å². The third-order valence-electron chi connectivity index (χ3n) is 4.79. The summed E-state index contributed by atoms with van der Waals surface area (Å²) in [6, 6.07) is 5.51. The number of nitrogens with one attached hydrogen (secondary N) is 1. The Balaban J connectivity index is 1.77. The van der Waals surface area contributed by atoms with Crippen LogP contribution in [0.4, 0.5) is 0 Å². The Hall–Kier alpha value is -0.440. The van der Waals surface area contributed by atoms with Crippen molar-refractivity contribution in [2.24, 2.45) is 11.8 Å². The van der Waals surface area contributed by atoms with Crippen molar-refractivity contribution in [2.75, 3.05) is 13.1 Å². The maximum atomic E-state index is 6.39. The molecule has 2 unspecified atom stereocenters. The van der Waals surface area contributed by atoms with Crippen molar-refractivity contribution in [3.8, 4) is 5.75 Å². The number of rotatable bonds is 4. The van der Waals surface area contributed by atoms with Gasteiger partial charge in [-0.05, 0) is 49.9 Å². The van der Waals surface area contributed by atoms with Crippen molar-refractivity contribution >= 4 is 23.2 Å². The molecule has 0 radical (unpaired) electrons. The molecule has 1 saturated heterocycles. The molecule has 3 rings (SSSR count). The molecule has 0 spiro atoms. The molecule has 2 nitrogen and oxygen atoms in total. The normalized spacial score (nSPS) is 25.0. The zero-order chi connectivity index (χ0) is 14.7. The van der Waals surface area contributed by atoms with Crippen molar-refractivity contribution in [2.45, 2.75) is 44.6 Å². The summed E-state index contributed by atoms with van der Waals surface area (Å²) in [5.41, 5.74) is 0. The summed E-state index contributed by atoms with van der Waals surface area (Å²) in [5.74, 6) is 2.09. The van der Waals surface area contributed by atoms with E-state index in [4.69, 9.17) is 27.9 Å². The Morgan fingerprint density at radius 1 is 0.952 bits per heavy atom. The second-order valence-corrected chi connectivity index (χ2v) is 7.21. The van der Waals surface area contributed by atoms with Crippen molar-refractivity contribution in [3.63, 3.8) is 0 Å². The van der Waals surface area contributed by atoms with E-state index in [-0.39, 0.29) is 6.10 Å². The van der Waals surface area contributed by atoms with Gasteiger partial charge in [-0.15, -0.1) is 0 Å². The van der Waals surface area contributed by atoms with Crippen LogP contribution in [0.1, 0.15) is 38.5 Å². The van der Waals surface area contributed by atoms with Gasteiger partial charge in [-0.25, -0.2) is 0 Å². The lowest BCUT2D eigenvalue weighted by molar-refractivity contribution is 0.0622. The van der Waals surface area contributed by atoms with Gasteiger partial charge in [0.25, 0.3) is 0 Å². The molecule has 1 N–H and O–H groups in total. The van der Waals surface area contributed by atoms with Crippen molar-refractivity contribution in [1.29, 1.82) is 0 Å². The lowest BCUT2D eigenvalue weighted by Crippen LogP contribution is -2.37. The number of hydrogen-bond acceptors (Lipinski definition) is 2. The third-order valence-corrected chi connectivity index (χ3v) is 5.22. The van der Waals surface area contributed by atoms with Crippen LogP contribution in [0.25, 0.3) is 0 Å². The monoisotopic (exact) mass is 327 g/mol. The SMILES string of the molecule is Clc1cc(Cl)cc(OC(C2CCCCC2)C2CCNC2)c1. The van der Waals surface area contributed by atoms with Crippen LogP contribution in [0.5, 0.6) is 5.75 Å².